The van der Waals surface area contributed by atoms with Gasteiger partial charge in [0.05, 0.1) is 33.9 Å². The number of carbonyl (C=O) groups excluding carboxylic acids is 2. The average Bonchev–Trinajstić information content (AvgIpc) is 1.27. The molecule has 0 aliphatic carbocycles. The summed E-state index contributed by atoms with van der Waals surface area (Å²) in [5.41, 5.74) is 15.9. The third-order valence-corrected chi connectivity index (χ3v) is 15.7. The Morgan fingerprint density at radius 2 is 0.966 bits per heavy atom. The summed E-state index contributed by atoms with van der Waals surface area (Å²) < 4.78 is 86.3. The number of likely N-dealkylation sites (N-methyl/N-ethyl adjacent to an activating group) is 4. The minimum atomic E-state index is -4.83. The summed E-state index contributed by atoms with van der Waals surface area (Å²) in [5.74, 6) is 0.171. The van der Waals surface area contributed by atoms with Gasteiger partial charge in [0.2, 0.25) is 23.7 Å². The van der Waals surface area contributed by atoms with Crippen molar-refractivity contribution in [1.82, 2.24) is 58.9 Å². The Labute approximate surface area is 501 Å². The van der Waals surface area contributed by atoms with Crippen LogP contribution in [0, 0.1) is 20.8 Å². The predicted octanol–water partition coefficient (Wildman–Crippen LogP) is 8.29. The van der Waals surface area contributed by atoms with Gasteiger partial charge in [-0.2, -0.15) is 41.4 Å². The number of fused-ring (bicyclic) bond motifs is 3. The minimum absolute atomic E-state index is 0.0139. The predicted molar refractivity (Wildman–Crippen MR) is 331 cm³/mol. The van der Waals surface area contributed by atoms with Crippen molar-refractivity contribution in [2.75, 3.05) is 106 Å². The van der Waals surface area contributed by atoms with E-state index in [1.165, 1.54) is 18.3 Å². The number of aromatic nitrogens is 8. The lowest BCUT2D eigenvalue weighted by Crippen LogP contribution is -2.60. The number of benzene rings is 2. The molecular formula is C60H79F6N17O4. The lowest BCUT2D eigenvalue weighted by molar-refractivity contribution is -0.143. The number of anilines is 5. The van der Waals surface area contributed by atoms with Crippen molar-refractivity contribution in [3.8, 4) is 11.4 Å². The third-order valence-electron chi connectivity index (χ3n) is 15.7. The first-order valence-electron chi connectivity index (χ1n) is 28.8. The molecule has 0 saturated carbocycles. The van der Waals surface area contributed by atoms with E-state index in [-0.39, 0.29) is 74.2 Å². The maximum atomic E-state index is 14.2. The number of aromatic amines is 1. The van der Waals surface area contributed by atoms with Gasteiger partial charge >= 0.3 is 12.4 Å². The maximum absolute atomic E-state index is 14.2. The van der Waals surface area contributed by atoms with Crippen molar-refractivity contribution in [2.24, 2.45) is 0 Å². The molecule has 5 aromatic heterocycles. The van der Waals surface area contributed by atoms with Crippen LogP contribution in [0.5, 0.6) is 0 Å². The largest absolute Gasteiger partial charge is 0.431 e. The molecule has 2 aliphatic heterocycles. The molecule has 470 valence electrons. The summed E-state index contributed by atoms with van der Waals surface area (Å²) in [5, 5.41) is 6.82. The van der Waals surface area contributed by atoms with E-state index in [1.807, 2.05) is 37.5 Å². The van der Waals surface area contributed by atoms with E-state index >= 15 is 0 Å². The molecule has 2 amide bonds. The quantitative estimate of drug-likeness (QED) is 0.0403. The number of nitrogens with zero attached hydrogens (tertiary/aromatic N) is 13. The molecule has 0 radical (unpaired) electrons. The zero-order chi connectivity index (χ0) is 64.6. The number of H-pyrrole nitrogens is 1. The van der Waals surface area contributed by atoms with Crippen LogP contribution in [0.3, 0.4) is 0 Å². The summed E-state index contributed by atoms with van der Waals surface area (Å²) in [7, 11) is 0. The van der Waals surface area contributed by atoms with Crippen LogP contribution < -0.4 is 38.1 Å². The minimum Gasteiger partial charge on any atom is -0.398 e. The molecule has 0 bridgehead atoms. The summed E-state index contributed by atoms with van der Waals surface area (Å²) in [6.07, 6.45) is -5.57. The van der Waals surface area contributed by atoms with Gasteiger partial charge in [0, 0.05) is 75.5 Å². The molecule has 2 aliphatic rings. The number of amides is 2. The fourth-order valence-corrected chi connectivity index (χ4v) is 10.6. The van der Waals surface area contributed by atoms with Gasteiger partial charge in [0.15, 0.2) is 0 Å². The fourth-order valence-electron chi connectivity index (χ4n) is 10.6. The van der Waals surface area contributed by atoms with Gasteiger partial charge < -0.3 is 36.8 Å². The molecule has 2 fully saturated rings. The smallest absolute Gasteiger partial charge is 0.398 e. The molecule has 2 saturated heterocycles. The van der Waals surface area contributed by atoms with Gasteiger partial charge in [-0.05, 0) is 128 Å². The number of aryl methyl sites for hydroxylation is 2. The van der Waals surface area contributed by atoms with Gasteiger partial charge in [-0.3, -0.25) is 43.2 Å². The standard InChI is InChI=1S/C23H25F3N8O.C23H28F3N7O.2C7H13NO/c1-4-32(5-2)13-10-33(11-13)22-29-18-14(20(27)30-22)8-17(23(24,25)26)34(21(18)35)19-12(3)6-7-16-15(19)9-28-31-16;1-5-31(6-2)14-10-32(11-14)22-29-18-15(20(28)30-22)9-17(23(24,25)26)33(21(18)34)19-12(3)7-8-16(27)13(19)4;2*1-4-7(9)8(5-2)6-3/h6-9,13H,4-5,10-11H2,1-3H3,(H,28,31)(H2,27,29,30);7-9,14H,5-6,10-11,27H2,1-4H3,(H2,28,29,30);2*4H,1,5-6H2,2-3H3. The number of nitrogens with two attached hydrogens (primary N) is 3. The first-order chi connectivity index (χ1) is 41.1. The van der Waals surface area contributed by atoms with Crippen LogP contribution >= 0.6 is 0 Å². The molecule has 87 heavy (non-hydrogen) atoms. The van der Waals surface area contributed by atoms with E-state index in [9.17, 15) is 45.5 Å². The van der Waals surface area contributed by atoms with Gasteiger partial charge in [0.25, 0.3) is 11.1 Å². The van der Waals surface area contributed by atoms with E-state index in [0.717, 1.165) is 64.5 Å². The van der Waals surface area contributed by atoms with E-state index in [1.54, 1.807) is 54.8 Å². The highest BCUT2D eigenvalue weighted by atomic mass is 19.4. The van der Waals surface area contributed by atoms with Crippen LogP contribution in [0.15, 0.2) is 77.5 Å². The van der Waals surface area contributed by atoms with Gasteiger partial charge in [-0.25, -0.2) is 9.97 Å². The van der Waals surface area contributed by atoms with E-state index in [4.69, 9.17) is 17.2 Å². The van der Waals surface area contributed by atoms with Crippen LogP contribution in [0.1, 0.15) is 83.5 Å². The molecule has 9 rings (SSSR count). The zero-order valence-electron chi connectivity index (χ0n) is 51.2. The third kappa shape index (κ3) is 14.3. The summed E-state index contributed by atoms with van der Waals surface area (Å²) >= 11 is 0. The van der Waals surface area contributed by atoms with Crippen LogP contribution in [0.25, 0.3) is 44.1 Å². The summed E-state index contributed by atoms with van der Waals surface area (Å²) in [4.78, 5) is 77.8. The number of nitrogen functional groups attached to an aromatic ring is 3. The first-order valence-corrected chi connectivity index (χ1v) is 28.8. The Morgan fingerprint density at radius 3 is 1.32 bits per heavy atom. The fraction of sp³-hybridized carbons (Fsp3) is 0.450. The van der Waals surface area contributed by atoms with E-state index < -0.39 is 34.9 Å². The molecule has 7 N–H and O–H groups in total. The molecule has 7 heterocycles. The lowest BCUT2D eigenvalue weighted by Gasteiger charge is -2.44. The molecule has 0 spiro atoms. The topological polar surface area (TPSA) is 256 Å². The van der Waals surface area contributed by atoms with Crippen molar-refractivity contribution in [3.63, 3.8) is 0 Å². The van der Waals surface area contributed by atoms with Crippen LogP contribution in [-0.2, 0) is 21.9 Å². The molecule has 21 nitrogen and oxygen atoms in total. The van der Waals surface area contributed by atoms with Crippen molar-refractivity contribution in [2.45, 2.75) is 101 Å². The molecular weight excluding hydrogens is 1140 g/mol. The van der Waals surface area contributed by atoms with E-state index in [2.05, 4.69) is 80.8 Å². The molecule has 0 atom stereocenters. The van der Waals surface area contributed by atoms with Crippen molar-refractivity contribution >= 4 is 73.7 Å². The van der Waals surface area contributed by atoms with Crippen LogP contribution in [-0.4, -0.2) is 161 Å². The average molecular weight is 1220 g/mol. The highest BCUT2D eigenvalue weighted by Crippen LogP contribution is 2.38. The normalized spacial score (nSPS) is 13.6. The Balaban J connectivity index is 0.000000217. The van der Waals surface area contributed by atoms with Crippen molar-refractivity contribution in [1.29, 1.82) is 0 Å². The number of hydrogen-bond acceptors (Lipinski definition) is 16. The van der Waals surface area contributed by atoms with Crippen molar-refractivity contribution < 1.29 is 35.9 Å². The highest BCUT2D eigenvalue weighted by molar-refractivity contribution is 5.93. The Morgan fingerprint density at radius 1 is 0.586 bits per heavy atom. The number of carbonyl (C=O) groups is 2. The summed E-state index contributed by atoms with van der Waals surface area (Å²) in [6.45, 7) is 37.0. The SMILES string of the molecule is C=CC(=O)N(CC)CC.C=CC(=O)N(CC)CC.CCN(CC)C1CN(c2nc(N)c3cc(C(F)(F)F)n(-c4c(C)ccc(N)c4C)c(=O)c3n2)C1.CCN(CC)C1CN(c2nc(N)c3cc(C(F)(F)F)n(-c4c(C)ccc5[nH]ncc45)c(=O)c3n2)C1. The molecule has 7 aromatic rings. The Kier molecular flexibility index (Phi) is 22.0. The Bertz CT molecular complexity index is 3710. The molecule has 27 heteroatoms. The first kappa shape index (κ1) is 67.5. The van der Waals surface area contributed by atoms with Gasteiger partial charge in [0.1, 0.15) is 34.1 Å². The lowest BCUT2D eigenvalue weighted by atomic mass is 10.1. The van der Waals surface area contributed by atoms with E-state index in [0.29, 0.717) is 75.0 Å². The van der Waals surface area contributed by atoms with Crippen LogP contribution in [0.2, 0.25) is 0 Å². The van der Waals surface area contributed by atoms with Gasteiger partial charge in [-0.15, -0.1) is 0 Å². The number of pyridine rings is 2. The number of halogens is 6. The van der Waals surface area contributed by atoms with Crippen molar-refractivity contribution in [3.05, 3.63) is 117 Å². The number of rotatable bonds is 16. The number of alkyl halides is 6. The maximum Gasteiger partial charge on any atom is 0.431 e. The summed E-state index contributed by atoms with van der Waals surface area (Å²) in [6, 6.07) is 8.85. The Hall–Kier alpha value is -8.59. The number of nitrogens with one attached hydrogen (secondary N) is 1. The molecule has 0 unspecified atom stereocenters. The second-order valence-corrected chi connectivity index (χ2v) is 20.7. The monoisotopic (exact) mass is 1220 g/mol. The second kappa shape index (κ2) is 28.3. The van der Waals surface area contributed by atoms with Crippen LogP contribution in [0.4, 0.5) is 55.6 Å². The zero-order valence-corrected chi connectivity index (χ0v) is 51.2. The second-order valence-electron chi connectivity index (χ2n) is 20.7. The molecule has 2 aromatic carbocycles. The highest BCUT2D eigenvalue weighted by Gasteiger charge is 2.40. The number of hydrogen-bond donors (Lipinski definition) is 4. The van der Waals surface area contributed by atoms with Gasteiger partial charge in [-0.1, -0.05) is 53.0 Å².